The highest BCUT2D eigenvalue weighted by atomic mass is 32.1. The average Bonchev–Trinajstić information content (AvgIpc) is 3.25. The maximum Gasteiger partial charge on any atom is 0.246 e. The molecule has 0 bridgehead atoms. The Labute approximate surface area is 140 Å². The summed E-state index contributed by atoms with van der Waals surface area (Å²) in [6, 6.07) is 14.9. The molecule has 9 heteroatoms. The van der Waals surface area contributed by atoms with Gasteiger partial charge in [-0.15, -0.1) is 5.10 Å². The second-order valence-corrected chi connectivity index (χ2v) is 5.54. The zero-order valence-electron chi connectivity index (χ0n) is 12.3. The van der Waals surface area contributed by atoms with E-state index in [1.54, 1.807) is 6.07 Å². The quantitative estimate of drug-likeness (QED) is 0.611. The molecule has 8 nitrogen and oxygen atoms in total. The molecule has 2 aromatic heterocycles. The third-order valence-corrected chi connectivity index (χ3v) is 3.96. The summed E-state index contributed by atoms with van der Waals surface area (Å²) in [5, 5.41) is 14.4. The Morgan fingerprint density at radius 1 is 1.08 bits per heavy atom. The molecule has 2 aromatic carbocycles. The SMILES string of the molecule is O=C(Cn1nnnc1-c1ccccc1)Nc1cccc2nsnc12. The highest BCUT2D eigenvalue weighted by Crippen LogP contribution is 2.21. The minimum Gasteiger partial charge on any atom is -0.322 e. The van der Waals surface area contributed by atoms with Crippen LogP contribution in [-0.2, 0) is 11.3 Å². The Bertz CT molecular complexity index is 995. The number of hydrogen-bond donors (Lipinski definition) is 1. The van der Waals surface area contributed by atoms with Crippen molar-refractivity contribution >= 4 is 34.4 Å². The lowest BCUT2D eigenvalue weighted by Crippen LogP contribution is -2.20. The molecule has 0 saturated heterocycles. The van der Waals surface area contributed by atoms with E-state index in [0.29, 0.717) is 17.0 Å². The van der Waals surface area contributed by atoms with Crippen LogP contribution in [0.5, 0.6) is 0 Å². The summed E-state index contributed by atoms with van der Waals surface area (Å²) in [4.78, 5) is 12.4. The molecule has 1 N–H and O–H groups in total. The second-order valence-electron chi connectivity index (χ2n) is 5.01. The van der Waals surface area contributed by atoms with E-state index in [2.05, 4.69) is 29.6 Å². The van der Waals surface area contributed by atoms with Gasteiger partial charge in [0.1, 0.15) is 17.6 Å². The Kier molecular flexibility index (Phi) is 3.67. The topological polar surface area (TPSA) is 98.5 Å². The lowest BCUT2D eigenvalue weighted by atomic mass is 10.2. The molecule has 0 spiro atoms. The first-order chi connectivity index (χ1) is 11.8. The van der Waals surface area contributed by atoms with Crippen molar-refractivity contribution in [1.29, 1.82) is 0 Å². The van der Waals surface area contributed by atoms with Gasteiger partial charge in [-0.25, -0.2) is 4.68 Å². The van der Waals surface area contributed by atoms with E-state index in [1.807, 2.05) is 42.5 Å². The Balaban J connectivity index is 1.55. The standard InChI is InChI=1S/C15H11N7OS/c23-13(16-11-7-4-8-12-14(11)19-24-18-12)9-22-15(17-20-21-22)10-5-2-1-3-6-10/h1-8H,9H2,(H,16,23). The van der Waals surface area contributed by atoms with E-state index >= 15 is 0 Å². The number of fused-ring (bicyclic) bond motifs is 1. The largest absolute Gasteiger partial charge is 0.322 e. The first-order valence-corrected chi connectivity index (χ1v) is 7.87. The van der Waals surface area contributed by atoms with Crippen LogP contribution in [0.3, 0.4) is 0 Å². The first-order valence-electron chi connectivity index (χ1n) is 7.14. The number of amides is 1. The highest BCUT2D eigenvalue weighted by Gasteiger charge is 2.14. The molecular weight excluding hydrogens is 326 g/mol. The van der Waals surface area contributed by atoms with Crippen LogP contribution in [0.1, 0.15) is 0 Å². The van der Waals surface area contributed by atoms with Gasteiger partial charge in [0.05, 0.1) is 17.4 Å². The van der Waals surface area contributed by atoms with Crippen LogP contribution in [0, 0.1) is 0 Å². The molecule has 0 aliphatic rings. The molecule has 118 valence electrons. The van der Waals surface area contributed by atoms with Crippen LogP contribution in [0.15, 0.2) is 48.5 Å². The number of tetrazole rings is 1. The van der Waals surface area contributed by atoms with E-state index in [4.69, 9.17) is 0 Å². The van der Waals surface area contributed by atoms with Crippen molar-refractivity contribution in [2.24, 2.45) is 0 Å². The molecule has 1 amide bonds. The predicted octanol–water partition coefficient (Wildman–Crippen LogP) is 1.98. The number of nitrogens with zero attached hydrogens (tertiary/aromatic N) is 6. The molecule has 0 atom stereocenters. The summed E-state index contributed by atoms with van der Waals surface area (Å²) in [6.07, 6.45) is 0. The first kappa shape index (κ1) is 14.4. The molecule has 4 aromatic rings. The molecule has 0 fully saturated rings. The van der Waals surface area contributed by atoms with Gasteiger partial charge in [0.15, 0.2) is 5.82 Å². The number of carbonyl (C=O) groups excluding carboxylic acids is 1. The van der Waals surface area contributed by atoms with Crippen molar-refractivity contribution < 1.29 is 4.79 Å². The van der Waals surface area contributed by atoms with Gasteiger partial charge in [-0.1, -0.05) is 36.4 Å². The van der Waals surface area contributed by atoms with Crippen molar-refractivity contribution in [1.82, 2.24) is 29.0 Å². The minimum atomic E-state index is -0.236. The van der Waals surface area contributed by atoms with Crippen molar-refractivity contribution in [2.45, 2.75) is 6.54 Å². The van der Waals surface area contributed by atoms with Crippen LogP contribution in [0.4, 0.5) is 5.69 Å². The number of anilines is 1. The molecular formula is C15H11N7OS. The summed E-state index contributed by atoms with van der Waals surface area (Å²) < 4.78 is 9.82. The van der Waals surface area contributed by atoms with Crippen molar-refractivity contribution in [3.63, 3.8) is 0 Å². The molecule has 0 aliphatic carbocycles. The van der Waals surface area contributed by atoms with E-state index < -0.39 is 0 Å². The normalized spacial score (nSPS) is 10.8. The van der Waals surface area contributed by atoms with Crippen molar-refractivity contribution in [3.05, 3.63) is 48.5 Å². The smallest absolute Gasteiger partial charge is 0.246 e. The number of nitrogens with one attached hydrogen (secondary N) is 1. The maximum absolute atomic E-state index is 12.4. The molecule has 0 unspecified atom stereocenters. The summed E-state index contributed by atoms with van der Waals surface area (Å²) in [5.41, 5.74) is 2.91. The molecule has 2 heterocycles. The summed E-state index contributed by atoms with van der Waals surface area (Å²) in [7, 11) is 0. The fourth-order valence-electron chi connectivity index (χ4n) is 2.34. The van der Waals surface area contributed by atoms with Crippen LogP contribution >= 0.6 is 11.7 Å². The van der Waals surface area contributed by atoms with E-state index in [-0.39, 0.29) is 12.5 Å². The molecule has 0 saturated carbocycles. The lowest BCUT2D eigenvalue weighted by Gasteiger charge is -2.07. The monoisotopic (exact) mass is 337 g/mol. The third-order valence-electron chi connectivity index (χ3n) is 3.42. The fraction of sp³-hybridized carbons (Fsp3) is 0.0667. The van der Waals surface area contributed by atoms with Gasteiger partial charge in [-0.05, 0) is 22.6 Å². The second kappa shape index (κ2) is 6.13. The van der Waals surface area contributed by atoms with Crippen LogP contribution in [-0.4, -0.2) is 34.9 Å². The predicted molar refractivity (Wildman–Crippen MR) is 89.3 cm³/mol. The van der Waals surface area contributed by atoms with Crippen LogP contribution in [0.2, 0.25) is 0 Å². The van der Waals surface area contributed by atoms with Gasteiger partial charge in [0, 0.05) is 5.56 Å². The fourth-order valence-corrected chi connectivity index (χ4v) is 2.89. The number of benzene rings is 2. The van der Waals surface area contributed by atoms with Gasteiger partial charge >= 0.3 is 0 Å². The zero-order chi connectivity index (χ0) is 16.4. The van der Waals surface area contributed by atoms with Gasteiger partial charge in [-0.2, -0.15) is 8.75 Å². The van der Waals surface area contributed by atoms with Crippen molar-refractivity contribution in [3.8, 4) is 11.4 Å². The van der Waals surface area contributed by atoms with E-state index in [1.165, 1.54) is 4.68 Å². The highest BCUT2D eigenvalue weighted by molar-refractivity contribution is 7.00. The summed E-state index contributed by atoms with van der Waals surface area (Å²) >= 11 is 1.11. The number of rotatable bonds is 4. The Morgan fingerprint density at radius 3 is 2.83 bits per heavy atom. The van der Waals surface area contributed by atoms with Gasteiger partial charge in [0.2, 0.25) is 5.91 Å². The van der Waals surface area contributed by atoms with Crippen LogP contribution < -0.4 is 5.32 Å². The number of carbonyl (C=O) groups is 1. The Morgan fingerprint density at radius 2 is 1.96 bits per heavy atom. The Hall–Kier alpha value is -3.20. The van der Waals surface area contributed by atoms with E-state index in [0.717, 1.165) is 22.8 Å². The lowest BCUT2D eigenvalue weighted by molar-refractivity contribution is -0.116. The van der Waals surface area contributed by atoms with Gasteiger partial charge < -0.3 is 5.32 Å². The molecule has 0 aliphatic heterocycles. The van der Waals surface area contributed by atoms with Crippen LogP contribution in [0.25, 0.3) is 22.4 Å². The third kappa shape index (κ3) is 2.72. The molecule has 4 rings (SSSR count). The average molecular weight is 337 g/mol. The summed E-state index contributed by atoms with van der Waals surface area (Å²) in [6.45, 7) is 0.00514. The van der Waals surface area contributed by atoms with Gasteiger partial charge in [0.25, 0.3) is 0 Å². The van der Waals surface area contributed by atoms with Gasteiger partial charge in [-0.3, -0.25) is 4.79 Å². The minimum absolute atomic E-state index is 0.00514. The van der Waals surface area contributed by atoms with Crippen molar-refractivity contribution in [2.75, 3.05) is 5.32 Å². The zero-order valence-corrected chi connectivity index (χ0v) is 13.1. The van der Waals surface area contributed by atoms with E-state index in [9.17, 15) is 4.79 Å². The number of hydrogen-bond acceptors (Lipinski definition) is 7. The molecule has 0 radical (unpaired) electrons. The summed E-state index contributed by atoms with van der Waals surface area (Å²) in [5.74, 6) is 0.305. The number of aromatic nitrogens is 6. The maximum atomic E-state index is 12.4. The molecule has 24 heavy (non-hydrogen) atoms.